The smallest absolute Gasteiger partial charge is 0.306 e. The molecule has 3 unspecified atom stereocenters. The van der Waals surface area contributed by atoms with Crippen molar-refractivity contribution >= 4 is 11.9 Å². The Hall–Kier alpha value is -1.66. The van der Waals surface area contributed by atoms with Gasteiger partial charge in [0.1, 0.15) is 6.10 Å². The van der Waals surface area contributed by atoms with Crippen LogP contribution in [0.4, 0.5) is 0 Å². The number of hydrogen-bond donors (Lipinski definition) is 3. The van der Waals surface area contributed by atoms with Crippen molar-refractivity contribution in [3.63, 3.8) is 0 Å². The topological polar surface area (TPSA) is 95.9 Å². The molecule has 3 atom stereocenters. The highest BCUT2D eigenvalue weighted by Gasteiger charge is 2.24. The Labute approximate surface area is 392 Å². The van der Waals surface area contributed by atoms with Gasteiger partial charge in [0.2, 0.25) is 5.91 Å². The van der Waals surface area contributed by atoms with E-state index in [-0.39, 0.29) is 24.9 Å². The number of nitrogens with one attached hydrogen (secondary N) is 1. The summed E-state index contributed by atoms with van der Waals surface area (Å²) in [6, 6.07) is -0.707. The molecule has 0 aromatic heterocycles. The van der Waals surface area contributed by atoms with Gasteiger partial charge < -0.3 is 20.3 Å². The molecule has 0 fully saturated rings. The van der Waals surface area contributed by atoms with Gasteiger partial charge >= 0.3 is 5.97 Å². The molecule has 0 radical (unpaired) electrons. The second-order valence-electron chi connectivity index (χ2n) is 19.3. The molecule has 0 spiro atoms. The van der Waals surface area contributed by atoms with Crippen LogP contribution in [0.1, 0.15) is 303 Å². The van der Waals surface area contributed by atoms with Crippen LogP contribution in [0.3, 0.4) is 0 Å². The highest BCUT2D eigenvalue weighted by molar-refractivity contribution is 5.77. The fraction of sp³-hybridized carbons (Fsp3) is 0.895. The van der Waals surface area contributed by atoms with Gasteiger partial charge in [-0.15, -0.1) is 0 Å². The summed E-state index contributed by atoms with van der Waals surface area (Å²) in [4.78, 5) is 26.2. The zero-order valence-corrected chi connectivity index (χ0v) is 42.5. The second kappa shape index (κ2) is 51.3. The molecule has 0 aromatic rings. The van der Waals surface area contributed by atoms with E-state index in [1.54, 1.807) is 0 Å². The second-order valence-corrected chi connectivity index (χ2v) is 19.3. The minimum Gasteiger partial charge on any atom is -0.462 e. The van der Waals surface area contributed by atoms with Crippen molar-refractivity contribution in [1.29, 1.82) is 0 Å². The van der Waals surface area contributed by atoms with Crippen LogP contribution < -0.4 is 5.32 Å². The number of esters is 1. The van der Waals surface area contributed by atoms with Crippen LogP contribution in [0.2, 0.25) is 0 Å². The minimum atomic E-state index is -0.792. The normalized spacial score (nSPS) is 13.3. The maximum atomic E-state index is 13.2. The van der Waals surface area contributed by atoms with E-state index in [2.05, 4.69) is 50.4 Å². The van der Waals surface area contributed by atoms with Crippen LogP contribution in [0, 0.1) is 0 Å². The summed E-state index contributed by atoms with van der Waals surface area (Å²) in [5.41, 5.74) is 0. The quantitative estimate of drug-likeness (QED) is 0.0321. The van der Waals surface area contributed by atoms with Crippen molar-refractivity contribution in [3.05, 3.63) is 24.3 Å². The summed E-state index contributed by atoms with van der Waals surface area (Å²) < 4.78 is 5.92. The lowest BCUT2D eigenvalue weighted by Crippen LogP contribution is -2.46. The molecule has 0 saturated heterocycles. The van der Waals surface area contributed by atoms with Crippen LogP contribution in [-0.4, -0.2) is 46.9 Å². The maximum Gasteiger partial charge on any atom is 0.306 e. The highest BCUT2D eigenvalue weighted by atomic mass is 16.5. The average molecular weight is 889 g/mol. The molecule has 1 amide bonds. The number of hydrogen-bond acceptors (Lipinski definition) is 5. The molecule has 0 rings (SSSR count). The molecule has 0 aliphatic rings. The summed E-state index contributed by atoms with van der Waals surface area (Å²) in [7, 11) is 0. The van der Waals surface area contributed by atoms with Crippen LogP contribution in [0.25, 0.3) is 0 Å². The predicted octanol–water partition coefficient (Wildman–Crippen LogP) is 17.1. The lowest BCUT2D eigenvalue weighted by atomic mass is 10.0. The van der Waals surface area contributed by atoms with E-state index in [1.807, 2.05) is 0 Å². The molecule has 0 saturated carbocycles. The monoisotopic (exact) mass is 888 g/mol. The van der Waals surface area contributed by atoms with Gasteiger partial charge in [-0.05, 0) is 44.9 Å². The van der Waals surface area contributed by atoms with Gasteiger partial charge in [-0.2, -0.15) is 0 Å². The predicted molar refractivity (Wildman–Crippen MR) is 273 cm³/mol. The lowest BCUT2D eigenvalue weighted by molar-refractivity contribution is -0.150. The number of unbranched alkanes of at least 4 members (excludes halogenated alkanes) is 35. The number of rotatable bonds is 51. The first-order valence-corrected chi connectivity index (χ1v) is 28.1. The van der Waals surface area contributed by atoms with Crippen molar-refractivity contribution in [2.75, 3.05) is 6.61 Å². The number of aliphatic hydroxyl groups excluding tert-OH is 2. The molecular weight excluding hydrogens is 779 g/mol. The SMILES string of the molecule is CCCCCCCC/C=C\C/C=C/CCC(=O)OC(CCCCCCCCCCCCCCCCCCC)CC(=O)NC(CO)C(O)CCCCCCCCCCCCCCCC. The Morgan fingerprint density at radius 2 is 0.810 bits per heavy atom. The van der Waals surface area contributed by atoms with Gasteiger partial charge in [0.25, 0.3) is 0 Å². The minimum absolute atomic E-state index is 0.0614. The Balaban J connectivity index is 4.57. The van der Waals surface area contributed by atoms with Crippen LogP contribution >= 0.6 is 0 Å². The van der Waals surface area contributed by atoms with Crippen LogP contribution in [-0.2, 0) is 14.3 Å². The Kier molecular flexibility index (Phi) is 50.0. The zero-order valence-electron chi connectivity index (χ0n) is 42.5. The molecule has 0 heterocycles. The third-order valence-electron chi connectivity index (χ3n) is 13.0. The van der Waals surface area contributed by atoms with Gasteiger partial charge in [-0.3, -0.25) is 9.59 Å². The van der Waals surface area contributed by atoms with Crippen molar-refractivity contribution in [1.82, 2.24) is 5.32 Å². The molecule has 0 bridgehead atoms. The van der Waals surface area contributed by atoms with E-state index in [4.69, 9.17) is 4.74 Å². The van der Waals surface area contributed by atoms with Crippen molar-refractivity contribution in [3.8, 4) is 0 Å². The summed E-state index contributed by atoms with van der Waals surface area (Å²) in [6.07, 6.45) is 59.7. The fourth-order valence-electron chi connectivity index (χ4n) is 8.78. The zero-order chi connectivity index (χ0) is 45.9. The molecule has 3 N–H and O–H groups in total. The van der Waals surface area contributed by atoms with Gasteiger partial charge in [0, 0.05) is 6.42 Å². The van der Waals surface area contributed by atoms with E-state index in [0.29, 0.717) is 25.7 Å². The Morgan fingerprint density at radius 3 is 1.21 bits per heavy atom. The molecule has 63 heavy (non-hydrogen) atoms. The first-order chi connectivity index (χ1) is 31.0. The van der Waals surface area contributed by atoms with Crippen molar-refractivity contribution in [2.24, 2.45) is 0 Å². The van der Waals surface area contributed by atoms with Crippen molar-refractivity contribution in [2.45, 2.75) is 322 Å². The molecule has 0 aliphatic heterocycles. The molecule has 6 heteroatoms. The molecular formula is C57H109NO5. The third kappa shape index (κ3) is 46.7. The first-order valence-electron chi connectivity index (χ1n) is 28.1. The summed E-state index contributed by atoms with van der Waals surface area (Å²) >= 11 is 0. The third-order valence-corrected chi connectivity index (χ3v) is 13.0. The highest BCUT2D eigenvalue weighted by Crippen LogP contribution is 2.18. The number of carbonyl (C=O) groups is 2. The Morgan fingerprint density at radius 1 is 0.460 bits per heavy atom. The van der Waals surface area contributed by atoms with E-state index in [9.17, 15) is 19.8 Å². The molecule has 0 aliphatic carbocycles. The average Bonchev–Trinajstić information content (AvgIpc) is 3.28. The number of ether oxygens (including phenoxy) is 1. The van der Waals surface area contributed by atoms with Gasteiger partial charge in [-0.1, -0.05) is 270 Å². The van der Waals surface area contributed by atoms with Crippen LogP contribution in [0.15, 0.2) is 24.3 Å². The number of aliphatic hydroxyl groups is 2. The number of amides is 1. The van der Waals surface area contributed by atoms with E-state index >= 15 is 0 Å². The summed E-state index contributed by atoms with van der Waals surface area (Å²) in [5, 5.41) is 23.8. The lowest BCUT2D eigenvalue weighted by Gasteiger charge is -2.24. The largest absolute Gasteiger partial charge is 0.462 e. The van der Waals surface area contributed by atoms with E-state index in [1.165, 1.54) is 212 Å². The number of carbonyl (C=O) groups excluding carboxylic acids is 2. The van der Waals surface area contributed by atoms with Crippen LogP contribution in [0.5, 0.6) is 0 Å². The maximum absolute atomic E-state index is 13.2. The van der Waals surface area contributed by atoms with E-state index < -0.39 is 18.2 Å². The molecule has 0 aromatic carbocycles. The standard InChI is InChI=1S/C57H109NO5/c1-4-7-10-13-16-19-22-25-27-28-29-31-33-36-39-42-45-48-53(63-57(62)50-47-44-41-38-35-30-24-21-18-15-12-9-6-3)51-56(61)58-54(52-59)55(60)49-46-43-40-37-34-32-26-23-20-17-14-11-8-5-2/h30,35,41,44,53-55,59-60H,4-29,31-34,36-40,42-43,45-52H2,1-3H3,(H,58,61)/b35-30-,44-41+. The van der Waals surface area contributed by atoms with Gasteiger partial charge in [0.15, 0.2) is 0 Å². The Bertz CT molecular complexity index is 997. The first kappa shape index (κ1) is 61.3. The summed E-state index contributed by atoms with van der Waals surface area (Å²) in [6.45, 7) is 6.50. The van der Waals surface area contributed by atoms with Gasteiger partial charge in [0.05, 0.1) is 25.2 Å². The number of allylic oxidation sites excluding steroid dienone is 4. The molecule has 6 nitrogen and oxygen atoms in total. The molecule has 372 valence electrons. The van der Waals surface area contributed by atoms with Crippen molar-refractivity contribution < 1.29 is 24.5 Å². The fourth-order valence-corrected chi connectivity index (χ4v) is 8.78. The summed E-state index contributed by atoms with van der Waals surface area (Å²) in [5.74, 6) is -0.536. The van der Waals surface area contributed by atoms with E-state index in [0.717, 1.165) is 38.5 Å². The van der Waals surface area contributed by atoms with Gasteiger partial charge in [-0.25, -0.2) is 0 Å².